The van der Waals surface area contributed by atoms with Gasteiger partial charge in [0.1, 0.15) is 18.2 Å². The van der Waals surface area contributed by atoms with E-state index in [9.17, 15) is 4.79 Å². The van der Waals surface area contributed by atoms with Crippen molar-refractivity contribution >= 4 is 52.1 Å². The third kappa shape index (κ3) is 2.73. The molecule has 4 heterocycles. The molecule has 4 atom stereocenters. The number of nitrogens with two attached hydrogens (primary N) is 1. The number of carbonyl (C=O) groups is 1. The molecule has 0 unspecified atom stereocenters. The van der Waals surface area contributed by atoms with Gasteiger partial charge >= 0.3 is 11.2 Å². The fraction of sp³-hybridized carbons (Fsp3) is 0.462. The van der Waals surface area contributed by atoms with E-state index in [0.717, 1.165) is 0 Å². The van der Waals surface area contributed by atoms with Gasteiger partial charge in [0.05, 0.1) is 6.33 Å². The van der Waals surface area contributed by atoms with E-state index in [0.29, 0.717) is 11.2 Å². The summed E-state index contributed by atoms with van der Waals surface area (Å²) in [4.78, 5) is 23.3. The molecule has 2 saturated heterocycles. The number of anilines is 1. The smallest absolute Gasteiger partial charge is 0.353 e. The van der Waals surface area contributed by atoms with Crippen molar-refractivity contribution in [1.82, 2.24) is 19.5 Å². The fourth-order valence-corrected chi connectivity index (χ4v) is 3.31. The summed E-state index contributed by atoms with van der Waals surface area (Å²) >= 11 is 11.0. The Kier molecular flexibility index (Phi) is 3.85. The molecule has 0 bridgehead atoms. The number of hydrogen-bond acceptors (Lipinski definition) is 10. The summed E-state index contributed by atoms with van der Waals surface area (Å²) in [6.45, 7) is 1.31. The molecule has 25 heavy (non-hydrogen) atoms. The monoisotopic (exact) mass is 385 g/mol. The number of aromatic nitrogens is 4. The number of halogens is 1. The van der Waals surface area contributed by atoms with Gasteiger partial charge in [-0.1, -0.05) is 11.6 Å². The van der Waals surface area contributed by atoms with Crippen LogP contribution in [0.2, 0.25) is 5.15 Å². The number of thiocarbonyl (C=S) groups is 1. The first-order chi connectivity index (χ1) is 11.9. The van der Waals surface area contributed by atoms with Crippen molar-refractivity contribution < 1.29 is 23.7 Å². The highest BCUT2D eigenvalue weighted by Crippen LogP contribution is 2.39. The van der Waals surface area contributed by atoms with Crippen molar-refractivity contribution in [2.24, 2.45) is 0 Å². The van der Waals surface area contributed by atoms with Crippen molar-refractivity contribution in [2.45, 2.75) is 31.5 Å². The number of rotatable bonds is 3. The van der Waals surface area contributed by atoms with Gasteiger partial charge in [-0.25, -0.2) is 4.98 Å². The molecular formula is C13H12ClN5O5S. The van der Waals surface area contributed by atoms with Crippen LogP contribution >= 0.6 is 23.8 Å². The Morgan fingerprint density at radius 1 is 1.44 bits per heavy atom. The molecule has 2 aromatic heterocycles. The third-order valence-electron chi connectivity index (χ3n) is 3.87. The van der Waals surface area contributed by atoms with E-state index in [1.165, 1.54) is 13.3 Å². The molecule has 2 aromatic rings. The number of imidazole rings is 1. The van der Waals surface area contributed by atoms with E-state index in [4.69, 9.17) is 48.5 Å². The second kappa shape index (κ2) is 5.93. The number of carbonyl (C=O) groups excluding carboxylic acids is 1. The van der Waals surface area contributed by atoms with Crippen LogP contribution in [0.25, 0.3) is 11.2 Å². The van der Waals surface area contributed by atoms with Crippen molar-refractivity contribution in [1.29, 1.82) is 0 Å². The lowest BCUT2D eigenvalue weighted by atomic mass is 10.1. The van der Waals surface area contributed by atoms with Gasteiger partial charge in [-0.05, 0) is 0 Å². The quantitative estimate of drug-likeness (QED) is 0.456. The van der Waals surface area contributed by atoms with Gasteiger partial charge in [-0.2, -0.15) is 9.97 Å². The number of nitrogens with zero attached hydrogens (tertiary/aromatic N) is 4. The zero-order chi connectivity index (χ0) is 17.7. The molecule has 12 heteroatoms. The molecule has 0 amide bonds. The summed E-state index contributed by atoms with van der Waals surface area (Å²) in [6.07, 6.45) is -0.817. The Labute approximate surface area is 151 Å². The van der Waals surface area contributed by atoms with Crippen LogP contribution in [0.3, 0.4) is 0 Å². The average Bonchev–Trinajstić information content (AvgIpc) is 3.18. The lowest BCUT2D eigenvalue weighted by Crippen LogP contribution is -2.32. The zero-order valence-electron chi connectivity index (χ0n) is 12.8. The lowest BCUT2D eigenvalue weighted by Gasteiger charge is -2.18. The summed E-state index contributed by atoms with van der Waals surface area (Å²) in [5.41, 5.74) is 6.43. The number of nitrogen functional groups attached to an aromatic ring is 1. The first-order valence-electron chi connectivity index (χ1n) is 7.25. The van der Waals surface area contributed by atoms with Crippen LogP contribution < -0.4 is 5.73 Å². The highest BCUT2D eigenvalue weighted by Gasteiger charge is 2.54. The van der Waals surface area contributed by atoms with E-state index in [-0.39, 0.29) is 22.9 Å². The van der Waals surface area contributed by atoms with Gasteiger partial charge in [0.2, 0.25) is 5.95 Å². The third-order valence-corrected chi connectivity index (χ3v) is 4.33. The van der Waals surface area contributed by atoms with Crippen molar-refractivity contribution in [3.8, 4) is 0 Å². The zero-order valence-corrected chi connectivity index (χ0v) is 14.4. The molecule has 10 nitrogen and oxygen atoms in total. The molecule has 0 aromatic carbocycles. The van der Waals surface area contributed by atoms with Gasteiger partial charge < -0.3 is 24.7 Å². The van der Waals surface area contributed by atoms with E-state index >= 15 is 0 Å². The predicted octanol–water partition coefficient (Wildman–Crippen LogP) is 0.591. The van der Waals surface area contributed by atoms with Crippen LogP contribution in [0.1, 0.15) is 13.2 Å². The SMILES string of the molecule is CC(=O)OC[C@H]1O[C@@H](n2cnc3c(Cl)nc(N)nc32)[C@@H]2OC(=S)O[C@@H]21. The molecule has 0 radical (unpaired) electrons. The van der Waals surface area contributed by atoms with Gasteiger partial charge in [0.25, 0.3) is 0 Å². The normalized spacial score (nSPS) is 27.8. The van der Waals surface area contributed by atoms with Crippen LogP contribution in [-0.2, 0) is 23.7 Å². The van der Waals surface area contributed by atoms with Crippen LogP contribution in [0.4, 0.5) is 5.95 Å². The first-order valence-corrected chi connectivity index (χ1v) is 8.04. The highest BCUT2D eigenvalue weighted by atomic mass is 35.5. The maximum absolute atomic E-state index is 11.1. The molecular weight excluding hydrogens is 374 g/mol. The maximum atomic E-state index is 11.1. The predicted molar refractivity (Wildman–Crippen MR) is 87.6 cm³/mol. The molecule has 2 N–H and O–H groups in total. The van der Waals surface area contributed by atoms with E-state index < -0.39 is 30.5 Å². The first kappa shape index (κ1) is 16.2. The molecule has 4 rings (SSSR count). The Bertz CT molecular complexity index is 876. The van der Waals surface area contributed by atoms with Crippen molar-refractivity contribution in [2.75, 3.05) is 12.3 Å². The number of ether oxygens (including phenoxy) is 4. The van der Waals surface area contributed by atoms with Gasteiger partial charge in [0.15, 0.2) is 29.2 Å². The van der Waals surface area contributed by atoms with Crippen LogP contribution in [0.5, 0.6) is 0 Å². The second-order valence-corrected chi connectivity index (χ2v) is 6.17. The Morgan fingerprint density at radius 2 is 2.20 bits per heavy atom. The van der Waals surface area contributed by atoms with Crippen molar-refractivity contribution in [3.05, 3.63) is 11.5 Å². The fourth-order valence-electron chi connectivity index (χ4n) is 2.87. The summed E-state index contributed by atoms with van der Waals surface area (Å²) in [6, 6.07) is 0. The van der Waals surface area contributed by atoms with E-state index in [2.05, 4.69) is 15.0 Å². The largest absolute Gasteiger partial charge is 0.463 e. The molecule has 132 valence electrons. The Balaban J connectivity index is 1.70. The minimum absolute atomic E-state index is 0.00345. The van der Waals surface area contributed by atoms with Crippen LogP contribution in [-0.4, -0.2) is 55.6 Å². The summed E-state index contributed by atoms with van der Waals surface area (Å²) in [5.74, 6) is -0.421. The number of fused-ring (bicyclic) bond motifs is 2. The Morgan fingerprint density at radius 3 is 2.96 bits per heavy atom. The van der Waals surface area contributed by atoms with Crippen LogP contribution in [0, 0.1) is 0 Å². The molecule has 0 aliphatic carbocycles. The van der Waals surface area contributed by atoms with Gasteiger partial charge in [-0.15, -0.1) is 0 Å². The highest BCUT2D eigenvalue weighted by molar-refractivity contribution is 7.79. The molecule has 2 aliphatic rings. The molecule has 0 saturated carbocycles. The number of hydrogen-bond donors (Lipinski definition) is 1. The standard InChI is InChI=1S/C13H12ClN5O5S/c1-4(20)21-2-5-7-8(24-13(25)23-7)11(22-5)19-3-16-6-9(14)17-12(15)18-10(6)19/h3,5,7-8,11H,2H2,1H3,(H2,15,17,18)/t5-,7-,8-,11-/m1/s1. The summed E-state index contributed by atoms with van der Waals surface area (Å²) < 4.78 is 23.6. The Hall–Kier alpha value is -2.24. The van der Waals surface area contributed by atoms with Gasteiger partial charge in [-0.3, -0.25) is 9.36 Å². The number of esters is 1. The average molecular weight is 386 g/mol. The summed E-state index contributed by atoms with van der Waals surface area (Å²) in [5, 5.41) is 0.138. The van der Waals surface area contributed by atoms with E-state index in [1.54, 1.807) is 4.57 Å². The minimum Gasteiger partial charge on any atom is -0.463 e. The van der Waals surface area contributed by atoms with E-state index in [1.807, 2.05) is 0 Å². The maximum Gasteiger partial charge on any atom is 0.353 e. The second-order valence-electron chi connectivity index (χ2n) is 5.48. The van der Waals surface area contributed by atoms with Crippen LogP contribution in [0.15, 0.2) is 6.33 Å². The topological polar surface area (TPSA) is 124 Å². The summed E-state index contributed by atoms with van der Waals surface area (Å²) in [7, 11) is 0. The molecule has 2 aliphatic heterocycles. The molecule has 0 spiro atoms. The van der Waals surface area contributed by atoms with Crippen molar-refractivity contribution in [3.63, 3.8) is 0 Å². The lowest BCUT2D eigenvalue weighted by molar-refractivity contribution is -0.147. The molecule has 2 fully saturated rings. The minimum atomic E-state index is -0.665. The van der Waals surface area contributed by atoms with Gasteiger partial charge in [0, 0.05) is 19.1 Å².